The fourth-order valence-corrected chi connectivity index (χ4v) is 4.13. The molecule has 2 aliphatic rings. The van der Waals surface area contributed by atoms with E-state index in [-0.39, 0.29) is 0 Å². The highest BCUT2D eigenvalue weighted by molar-refractivity contribution is 6.20. The number of halogens is 1. The number of rotatable bonds is 2. The van der Waals surface area contributed by atoms with Crippen LogP contribution in [-0.2, 0) is 0 Å². The lowest BCUT2D eigenvalue weighted by Crippen LogP contribution is -2.21. The summed E-state index contributed by atoms with van der Waals surface area (Å²) in [5, 5.41) is 0.394. The molecule has 0 bridgehead atoms. The first-order chi connectivity index (χ1) is 8.66. The summed E-state index contributed by atoms with van der Waals surface area (Å²) in [4.78, 5) is 0. The SMILES string of the molecule is CC1(CC2CCOc3ccccc32)CCC(Cl)C1. The molecule has 0 saturated heterocycles. The standard InChI is InChI=1S/C16H21ClO/c1-16(8-6-13(17)11-16)10-12-7-9-18-15-5-3-2-4-14(12)15/h2-5,12-13H,6-11H2,1H3. The molecule has 18 heavy (non-hydrogen) atoms. The number of fused-ring (bicyclic) bond motifs is 1. The Morgan fingerprint density at radius 1 is 1.33 bits per heavy atom. The second-order valence-corrected chi connectivity index (χ2v) is 6.84. The second-order valence-electron chi connectivity index (χ2n) is 6.23. The third-order valence-electron chi connectivity index (χ3n) is 4.60. The molecule has 0 radical (unpaired) electrons. The number of ether oxygens (including phenoxy) is 1. The van der Waals surface area contributed by atoms with Crippen molar-refractivity contribution >= 4 is 11.6 Å². The maximum atomic E-state index is 6.29. The molecule has 1 aromatic rings. The lowest BCUT2D eigenvalue weighted by Gasteiger charge is -2.33. The Morgan fingerprint density at radius 2 is 2.17 bits per heavy atom. The van der Waals surface area contributed by atoms with Gasteiger partial charge in [-0.15, -0.1) is 11.6 Å². The van der Waals surface area contributed by atoms with E-state index in [2.05, 4.69) is 31.2 Å². The molecule has 0 N–H and O–H groups in total. The van der Waals surface area contributed by atoms with Gasteiger partial charge in [0, 0.05) is 5.38 Å². The minimum absolute atomic E-state index is 0.394. The van der Waals surface area contributed by atoms with E-state index in [0.29, 0.717) is 16.7 Å². The third-order valence-corrected chi connectivity index (χ3v) is 4.97. The molecule has 0 aromatic heterocycles. The van der Waals surface area contributed by atoms with E-state index in [1.165, 1.54) is 31.2 Å². The third kappa shape index (κ3) is 2.38. The zero-order valence-electron chi connectivity index (χ0n) is 11.0. The highest BCUT2D eigenvalue weighted by atomic mass is 35.5. The Bertz CT molecular complexity index is 431. The number of para-hydroxylation sites is 1. The van der Waals surface area contributed by atoms with E-state index in [0.717, 1.165) is 18.8 Å². The Hall–Kier alpha value is -0.690. The van der Waals surface area contributed by atoms with Gasteiger partial charge < -0.3 is 4.74 Å². The van der Waals surface area contributed by atoms with Crippen molar-refractivity contribution in [2.45, 2.75) is 50.3 Å². The van der Waals surface area contributed by atoms with Gasteiger partial charge in [-0.2, -0.15) is 0 Å². The monoisotopic (exact) mass is 264 g/mol. The zero-order valence-corrected chi connectivity index (χ0v) is 11.7. The lowest BCUT2D eigenvalue weighted by molar-refractivity contribution is 0.217. The van der Waals surface area contributed by atoms with Gasteiger partial charge in [0.05, 0.1) is 6.61 Å². The van der Waals surface area contributed by atoms with Gasteiger partial charge in [-0.3, -0.25) is 0 Å². The summed E-state index contributed by atoms with van der Waals surface area (Å²) < 4.78 is 5.75. The van der Waals surface area contributed by atoms with E-state index in [4.69, 9.17) is 16.3 Å². The van der Waals surface area contributed by atoms with Gasteiger partial charge in [0.2, 0.25) is 0 Å². The molecule has 1 heterocycles. The molecule has 1 saturated carbocycles. The minimum Gasteiger partial charge on any atom is -0.493 e. The first-order valence-electron chi connectivity index (χ1n) is 7.02. The minimum atomic E-state index is 0.394. The highest BCUT2D eigenvalue weighted by Gasteiger charge is 2.37. The average Bonchev–Trinajstić information content (AvgIpc) is 2.70. The van der Waals surface area contributed by atoms with Crippen molar-refractivity contribution in [3.05, 3.63) is 29.8 Å². The molecule has 2 heteroatoms. The van der Waals surface area contributed by atoms with Crippen molar-refractivity contribution < 1.29 is 4.74 Å². The molecule has 3 rings (SSSR count). The summed E-state index contributed by atoms with van der Waals surface area (Å²) in [5.74, 6) is 1.75. The fourth-order valence-electron chi connectivity index (χ4n) is 3.65. The van der Waals surface area contributed by atoms with Crippen LogP contribution in [0.3, 0.4) is 0 Å². The topological polar surface area (TPSA) is 9.23 Å². The van der Waals surface area contributed by atoms with Gasteiger partial charge >= 0.3 is 0 Å². The molecule has 1 nitrogen and oxygen atoms in total. The van der Waals surface area contributed by atoms with Crippen molar-refractivity contribution in [2.75, 3.05) is 6.61 Å². The van der Waals surface area contributed by atoms with Crippen molar-refractivity contribution in [3.63, 3.8) is 0 Å². The second kappa shape index (κ2) is 4.77. The zero-order chi connectivity index (χ0) is 12.6. The summed E-state index contributed by atoms with van der Waals surface area (Å²) in [7, 11) is 0. The molecule has 3 atom stereocenters. The smallest absolute Gasteiger partial charge is 0.122 e. The highest BCUT2D eigenvalue weighted by Crippen LogP contribution is 2.49. The van der Waals surface area contributed by atoms with Gasteiger partial charge in [0.1, 0.15) is 5.75 Å². The van der Waals surface area contributed by atoms with Crippen molar-refractivity contribution in [1.29, 1.82) is 0 Å². The van der Waals surface area contributed by atoms with Crippen LogP contribution in [-0.4, -0.2) is 12.0 Å². The van der Waals surface area contributed by atoms with E-state index < -0.39 is 0 Å². The van der Waals surface area contributed by atoms with Crippen LogP contribution in [0.25, 0.3) is 0 Å². The Balaban J connectivity index is 1.78. The van der Waals surface area contributed by atoms with Crippen LogP contribution in [0, 0.1) is 5.41 Å². The molecule has 3 unspecified atom stereocenters. The van der Waals surface area contributed by atoms with Crippen LogP contribution in [0.4, 0.5) is 0 Å². The predicted octanol–water partition coefficient (Wildman–Crippen LogP) is 4.74. The van der Waals surface area contributed by atoms with Gasteiger partial charge in [0.15, 0.2) is 0 Å². The molecule has 98 valence electrons. The first kappa shape index (κ1) is 12.3. The maximum Gasteiger partial charge on any atom is 0.122 e. The Morgan fingerprint density at radius 3 is 2.94 bits per heavy atom. The van der Waals surface area contributed by atoms with E-state index >= 15 is 0 Å². The molecule has 0 spiro atoms. The number of alkyl halides is 1. The molecular formula is C16H21ClO. The van der Waals surface area contributed by atoms with Gasteiger partial charge in [0.25, 0.3) is 0 Å². The number of hydrogen-bond acceptors (Lipinski definition) is 1. The summed E-state index contributed by atoms with van der Waals surface area (Å²) in [6, 6.07) is 8.52. The normalized spacial score (nSPS) is 35.0. The van der Waals surface area contributed by atoms with Crippen LogP contribution in [0.1, 0.15) is 50.5 Å². The average molecular weight is 265 g/mol. The summed E-state index contributed by atoms with van der Waals surface area (Å²) in [6.07, 6.45) is 6.05. The summed E-state index contributed by atoms with van der Waals surface area (Å²) in [5.41, 5.74) is 1.84. The van der Waals surface area contributed by atoms with Crippen molar-refractivity contribution in [1.82, 2.24) is 0 Å². The Kier molecular flexibility index (Phi) is 3.27. The number of hydrogen-bond donors (Lipinski definition) is 0. The van der Waals surface area contributed by atoms with Crippen molar-refractivity contribution in [2.24, 2.45) is 5.41 Å². The van der Waals surface area contributed by atoms with Crippen LogP contribution in [0.2, 0.25) is 0 Å². The Labute approximate surface area is 114 Å². The van der Waals surface area contributed by atoms with Gasteiger partial charge in [-0.05, 0) is 55.1 Å². The lowest BCUT2D eigenvalue weighted by atomic mass is 9.75. The first-order valence-corrected chi connectivity index (χ1v) is 7.46. The maximum absolute atomic E-state index is 6.29. The van der Waals surface area contributed by atoms with Crippen LogP contribution < -0.4 is 4.74 Å². The van der Waals surface area contributed by atoms with Crippen LogP contribution in [0.15, 0.2) is 24.3 Å². The largest absolute Gasteiger partial charge is 0.493 e. The number of benzene rings is 1. The molecule has 1 aliphatic carbocycles. The molecule has 1 aliphatic heterocycles. The predicted molar refractivity (Wildman–Crippen MR) is 75.5 cm³/mol. The van der Waals surface area contributed by atoms with Gasteiger partial charge in [-0.25, -0.2) is 0 Å². The summed E-state index contributed by atoms with van der Waals surface area (Å²) in [6.45, 7) is 3.27. The van der Waals surface area contributed by atoms with E-state index in [1.807, 2.05) is 0 Å². The molecule has 1 fully saturated rings. The van der Waals surface area contributed by atoms with E-state index in [9.17, 15) is 0 Å². The van der Waals surface area contributed by atoms with Crippen LogP contribution in [0.5, 0.6) is 5.75 Å². The quantitative estimate of drug-likeness (QED) is 0.701. The van der Waals surface area contributed by atoms with Gasteiger partial charge in [-0.1, -0.05) is 25.1 Å². The van der Waals surface area contributed by atoms with E-state index in [1.54, 1.807) is 0 Å². The molecular weight excluding hydrogens is 244 g/mol. The van der Waals surface area contributed by atoms with Crippen LogP contribution >= 0.6 is 11.6 Å². The molecule has 0 amide bonds. The summed E-state index contributed by atoms with van der Waals surface area (Å²) >= 11 is 6.29. The fraction of sp³-hybridized carbons (Fsp3) is 0.625. The molecule has 1 aromatic carbocycles. The van der Waals surface area contributed by atoms with Crippen molar-refractivity contribution in [3.8, 4) is 5.75 Å².